The van der Waals surface area contributed by atoms with Gasteiger partial charge < -0.3 is 9.80 Å². The lowest BCUT2D eigenvalue weighted by molar-refractivity contribution is -0.127. The fourth-order valence-electron chi connectivity index (χ4n) is 2.92. The first-order chi connectivity index (χ1) is 13.1. The van der Waals surface area contributed by atoms with Gasteiger partial charge in [0.15, 0.2) is 0 Å². The molecule has 0 aliphatic carbocycles. The Morgan fingerprint density at radius 2 is 1.68 bits per heavy atom. The molecule has 152 valence electrons. The van der Waals surface area contributed by atoms with Crippen molar-refractivity contribution >= 4 is 11.9 Å². The highest BCUT2D eigenvalue weighted by Crippen LogP contribution is 2.24. The van der Waals surface area contributed by atoms with Gasteiger partial charge in [0.05, 0.1) is 6.42 Å². The largest absolute Gasteiger partial charge is 0.393 e. The number of likely N-dealkylation sites (N-methyl/N-ethyl adjacent to an activating group) is 2. The predicted molar refractivity (Wildman–Crippen MR) is 103 cm³/mol. The second-order valence-corrected chi connectivity index (χ2v) is 6.71. The highest BCUT2D eigenvalue weighted by Gasteiger charge is 2.30. The summed E-state index contributed by atoms with van der Waals surface area (Å²) in [5.74, 6) is 0.149. The lowest BCUT2D eigenvalue weighted by Gasteiger charge is -2.26. The highest BCUT2D eigenvalue weighted by molar-refractivity contribution is 5.95. The molecule has 0 fully saturated rings. The summed E-state index contributed by atoms with van der Waals surface area (Å²) in [5, 5.41) is 0. The van der Waals surface area contributed by atoms with Gasteiger partial charge in [0.1, 0.15) is 0 Å². The summed E-state index contributed by atoms with van der Waals surface area (Å²) in [6.07, 6.45) is -5.49. The normalized spacial score (nSPS) is 11.4. The van der Waals surface area contributed by atoms with Crippen LogP contribution in [0.1, 0.15) is 34.2 Å². The monoisotopic (exact) mass is 394 g/mol. The third-order valence-electron chi connectivity index (χ3n) is 4.32. The smallest absolute Gasteiger partial charge is 0.342 e. The fourth-order valence-corrected chi connectivity index (χ4v) is 2.92. The van der Waals surface area contributed by atoms with Gasteiger partial charge in [-0.3, -0.25) is 4.79 Å². The van der Waals surface area contributed by atoms with E-state index < -0.39 is 18.5 Å². The van der Waals surface area contributed by atoms with Crippen molar-refractivity contribution in [2.24, 2.45) is 0 Å². The summed E-state index contributed by atoms with van der Waals surface area (Å²) in [4.78, 5) is 25.0. The Morgan fingerprint density at radius 3 is 2.25 bits per heavy atom. The van der Waals surface area contributed by atoms with Gasteiger partial charge >= 0.3 is 6.18 Å². The van der Waals surface area contributed by atoms with Crippen molar-refractivity contribution in [3.05, 3.63) is 52.8 Å². The van der Waals surface area contributed by atoms with Crippen LogP contribution in [0.4, 0.5) is 19.1 Å². The van der Waals surface area contributed by atoms with Crippen LogP contribution in [0.15, 0.2) is 30.3 Å². The average molecular weight is 394 g/mol. The predicted octanol–water partition coefficient (Wildman–Crippen LogP) is 3.80. The molecule has 8 heteroatoms. The Labute approximate surface area is 163 Å². The van der Waals surface area contributed by atoms with Crippen LogP contribution < -0.4 is 4.90 Å². The number of carbonyl (C=O) groups excluding carboxylic acids is 1. The first-order valence-electron chi connectivity index (χ1n) is 9.08. The Balaban J connectivity index is 2.12. The summed E-state index contributed by atoms with van der Waals surface area (Å²) >= 11 is 0. The Bertz CT molecular complexity index is 803. The fraction of sp³-hybridized carbons (Fsp3) is 0.450. The summed E-state index contributed by atoms with van der Waals surface area (Å²) in [6, 6.07) is 7.76. The van der Waals surface area contributed by atoms with Crippen molar-refractivity contribution in [3.63, 3.8) is 0 Å². The minimum absolute atomic E-state index is 0.00977. The Hall–Kier alpha value is -2.64. The van der Waals surface area contributed by atoms with Crippen LogP contribution in [-0.4, -0.2) is 53.6 Å². The molecule has 2 rings (SSSR count). The summed E-state index contributed by atoms with van der Waals surface area (Å²) in [5.41, 5.74) is 1.77. The molecule has 28 heavy (non-hydrogen) atoms. The van der Waals surface area contributed by atoms with Crippen LogP contribution >= 0.6 is 0 Å². The molecule has 1 aromatic heterocycles. The number of amides is 1. The first kappa shape index (κ1) is 21.7. The molecule has 1 amide bonds. The molecule has 0 bridgehead atoms. The van der Waals surface area contributed by atoms with E-state index in [1.165, 1.54) is 23.1 Å². The highest BCUT2D eigenvalue weighted by atomic mass is 19.4. The first-order valence-corrected chi connectivity index (χ1v) is 9.08. The summed E-state index contributed by atoms with van der Waals surface area (Å²) in [7, 11) is 1.82. The van der Waals surface area contributed by atoms with Gasteiger partial charge in [0.2, 0.25) is 5.95 Å². The summed E-state index contributed by atoms with van der Waals surface area (Å²) in [6.45, 7) is 6.77. The molecular weight excluding hydrogens is 369 g/mol. The molecule has 0 radical (unpaired) electrons. The average Bonchev–Trinajstić information content (AvgIpc) is 2.60. The molecule has 2 aromatic rings. The topological polar surface area (TPSA) is 49.3 Å². The van der Waals surface area contributed by atoms with E-state index in [4.69, 9.17) is 0 Å². The molecular formula is C20H25F3N4O. The molecule has 0 N–H and O–H groups in total. The van der Waals surface area contributed by atoms with Gasteiger partial charge in [-0.25, -0.2) is 9.97 Å². The number of benzene rings is 1. The van der Waals surface area contributed by atoms with E-state index in [1.807, 2.05) is 31.9 Å². The quantitative estimate of drug-likeness (QED) is 0.717. The van der Waals surface area contributed by atoms with Crippen molar-refractivity contribution in [2.75, 3.05) is 31.6 Å². The summed E-state index contributed by atoms with van der Waals surface area (Å²) < 4.78 is 38.5. The Morgan fingerprint density at radius 1 is 1.07 bits per heavy atom. The van der Waals surface area contributed by atoms with Crippen LogP contribution in [0.3, 0.4) is 0 Å². The number of nitrogens with zero attached hydrogens (tertiary/aromatic N) is 4. The van der Waals surface area contributed by atoms with Crippen LogP contribution in [0, 0.1) is 13.8 Å². The molecule has 1 heterocycles. The molecule has 0 saturated carbocycles. The molecule has 1 aromatic carbocycles. The maximum absolute atomic E-state index is 12.8. The van der Waals surface area contributed by atoms with Crippen LogP contribution in [-0.2, 0) is 6.42 Å². The van der Waals surface area contributed by atoms with Gasteiger partial charge in [0, 0.05) is 43.6 Å². The number of alkyl halides is 3. The van der Waals surface area contributed by atoms with Gasteiger partial charge in [-0.1, -0.05) is 18.2 Å². The van der Waals surface area contributed by atoms with Gasteiger partial charge in [-0.15, -0.1) is 0 Å². The molecule has 0 atom stereocenters. The second kappa shape index (κ2) is 9.03. The van der Waals surface area contributed by atoms with Gasteiger partial charge in [0.25, 0.3) is 5.91 Å². The number of rotatable bonds is 7. The molecule has 0 unspecified atom stereocenters. The molecule has 0 spiro atoms. The van der Waals surface area contributed by atoms with E-state index in [-0.39, 0.29) is 11.1 Å². The van der Waals surface area contributed by atoms with E-state index in [0.29, 0.717) is 25.6 Å². The number of hydrogen-bond donors (Lipinski definition) is 0. The molecule has 0 aliphatic heterocycles. The number of halogens is 3. The third kappa shape index (κ3) is 5.94. The minimum Gasteiger partial charge on any atom is -0.342 e. The molecule has 0 aliphatic rings. The maximum Gasteiger partial charge on any atom is 0.393 e. The zero-order valence-corrected chi connectivity index (χ0v) is 16.5. The van der Waals surface area contributed by atoms with Crippen LogP contribution in [0.2, 0.25) is 0 Å². The van der Waals surface area contributed by atoms with E-state index in [0.717, 1.165) is 11.4 Å². The van der Waals surface area contributed by atoms with E-state index in [2.05, 4.69) is 9.97 Å². The van der Waals surface area contributed by atoms with Gasteiger partial charge in [-0.2, -0.15) is 13.2 Å². The number of aromatic nitrogens is 2. The van der Waals surface area contributed by atoms with Crippen molar-refractivity contribution < 1.29 is 18.0 Å². The lowest BCUT2D eigenvalue weighted by Crippen LogP contribution is -2.38. The van der Waals surface area contributed by atoms with Crippen molar-refractivity contribution in [3.8, 4) is 0 Å². The van der Waals surface area contributed by atoms with E-state index >= 15 is 0 Å². The number of anilines is 1. The second-order valence-electron chi connectivity index (χ2n) is 6.71. The van der Waals surface area contributed by atoms with Crippen molar-refractivity contribution in [2.45, 2.75) is 33.4 Å². The minimum atomic E-state index is -4.37. The van der Waals surface area contributed by atoms with E-state index in [1.54, 1.807) is 13.0 Å². The zero-order valence-electron chi connectivity index (χ0n) is 16.5. The number of aryl methyl sites for hydroxylation is 2. The SMILES string of the molecule is CCN(CCN(C)c1nc(C)cc(C)n1)C(=O)c1ccccc1CC(F)(F)F. The standard InChI is InChI=1S/C20H25F3N4O/c1-5-27(11-10-26(4)19-24-14(2)12-15(3)25-19)18(28)17-9-7-6-8-16(17)13-20(21,22)23/h6-9,12H,5,10-11,13H2,1-4H3. The molecule has 0 saturated heterocycles. The van der Waals surface area contributed by atoms with E-state index in [9.17, 15) is 18.0 Å². The zero-order chi connectivity index (χ0) is 20.9. The molecule has 5 nitrogen and oxygen atoms in total. The van der Waals surface area contributed by atoms with Crippen LogP contribution in [0.25, 0.3) is 0 Å². The van der Waals surface area contributed by atoms with Crippen LogP contribution in [0.5, 0.6) is 0 Å². The maximum atomic E-state index is 12.8. The van der Waals surface area contributed by atoms with Gasteiger partial charge in [-0.05, 0) is 38.5 Å². The van der Waals surface area contributed by atoms with Crippen molar-refractivity contribution in [1.29, 1.82) is 0 Å². The third-order valence-corrected chi connectivity index (χ3v) is 4.32. The number of carbonyl (C=O) groups is 1. The van der Waals surface area contributed by atoms with Crippen molar-refractivity contribution in [1.82, 2.24) is 14.9 Å². The Kier molecular flexibility index (Phi) is 6.99. The lowest BCUT2D eigenvalue weighted by atomic mass is 10.0. The number of hydrogen-bond acceptors (Lipinski definition) is 4.